The van der Waals surface area contributed by atoms with E-state index in [2.05, 4.69) is 10.3 Å². The number of aliphatic imine (C=N–C) groups is 1. The molecule has 9 heteroatoms. The van der Waals surface area contributed by atoms with Gasteiger partial charge in [-0.1, -0.05) is 47.6 Å². The largest absolute Gasteiger partial charge is 0.454 e. The summed E-state index contributed by atoms with van der Waals surface area (Å²) in [5.41, 5.74) is 2.19. The van der Waals surface area contributed by atoms with Crippen LogP contribution in [0.3, 0.4) is 0 Å². The molecule has 172 valence electrons. The van der Waals surface area contributed by atoms with Crippen LogP contribution in [0.4, 0.5) is 11.4 Å². The smallest absolute Gasteiger partial charge is 0.238 e. The normalized spacial score (nSPS) is 18.3. The van der Waals surface area contributed by atoms with Crippen LogP contribution in [0.25, 0.3) is 0 Å². The van der Waals surface area contributed by atoms with Gasteiger partial charge >= 0.3 is 0 Å². The van der Waals surface area contributed by atoms with Gasteiger partial charge in [0.25, 0.3) is 0 Å². The Hall–Kier alpha value is -3.49. The predicted octanol–water partition coefficient (Wildman–Crippen LogP) is 5.23. The number of benzene rings is 3. The molecule has 34 heavy (non-hydrogen) atoms. The van der Waals surface area contributed by atoms with E-state index in [4.69, 9.17) is 21.1 Å². The molecule has 7 nitrogen and oxygen atoms in total. The lowest BCUT2D eigenvalue weighted by molar-refractivity contribution is -0.129. The van der Waals surface area contributed by atoms with Crippen molar-refractivity contribution in [3.05, 3.63) is 83.4 Å². The van der Waals surface area contributed by atoms with Crippen LogP contribution in [0.2, 0.25) is 5.02 Å². The zero-order valence-corrected chi connectivity index (χ0v) is 19.5. The Labute approximate surface area is 205 Å². The van der Waals surface area contributed by atoms with Crippen LogP contribution in [0, 0.1) is 0 Å². The van der Waals surface area contributed by atoms with Crippen molar-refractivity contribution in [3.8, 4) is 11.5 Å². The summed E-state index contributed by atoms with van der Waals surface area (Å²) in [7, 11) is 0. The molecule has 2 aliphatic heterocycles. The first-order valence-corrected chi connectivity index (χ1v) is 11.9. The molecule has 0 aromatic heterocycles. The SMILES string of the molecule is O=C(Nc1ccccc1)C1CC(=O)N(Cc2ccc3c(c2)OCO3)C(=Nc2ccc(Cl)cc2)S1. The molecule has 1 unspecified atom stereocenters. The van der Waals surface area contributed by atoms with Gasteiger partial charge in [-0.3, -0.25) is 14.5 Å². The number of amidine groups is 1. The van der Waals surface area contributed by atoms with Gasteiger partial charge in [-0.05, 0) is 54.1 Å². The Morgan fingerprint density at radius 2 is 1.82 bits per heavy atom. The number of nitrogens with zero attached hydrogens (tertiary/aromatic N) is 2. The molecule has 0 radical (unpaired) electrons. The van der Waals surface area contributed by atoms with Gasteiger partial charge in [0.2, 0.25) is 18.6 Å². The summed E-state index contributed by atoms with van der Waals surface area (Å²) in [6.45, 7) is 0.473. The average Bonchev–Trinajstić information content (AvgIpc) is 3.31. The van der Waals surface area contributed by atoms with Crippen molar-refractivity contribution in [2.45, 2.75) is 18.2 Å². The first-order valence-electron chi connectivity index (χ1n) is 10.6. The molecule has 1 saturated heterocycles. The minimum absolute atomic E-state index is 0.0630. The molecule has 2 amide bonds. The number of halogens is 1. The molecule has 3 aromatic carbocycles. The highest BCUT2D eigenvalue weighted by Crippen LogP contribution is 2.35. The maximum absolute atomic E-state index is 13.2. The van der Waals surface area contributed by atoms with Gasteiger partial charge in [-0.25, -0.2) is 4.99 Å². The Bertz CT molecular complexity index is 1250. The lowest BCUT2D eigenvalue weighted by Crippen LogP contribution is -2.44. The molecule has 0 aliphatic carbocycles. The molecule has 3 aromatic rings. The fourth-order valence-electron chi connectivity index (χ4n) is 3.59. The number of para-hydroxylation sites is 1. The summed E-state index contributed by atoms with van der Waals surface area (Å²) >= 11 is 7.28. The Kier molecular flexibility index (Phi) is 6.42. The van der Waals surface area contributed by atoms with Crippen molar-refractivity contribution in [3.63, 3.8) is 0 Å². The van der Waals surface area contributed by atoms with Gasteiger partial charge in [0.1, 0.15) is 5.25 Å². The first kappa shape index (κ1) is 22.3. The first-order chi connectivity index (χ1) is 16.5. The maximum atomic E-state index is 13.2. The van der Waals surface area contributed by atoms with E-state index in [1.165, 1.54) is 11.8 Å². The van der Waals surface area contributed by atoms with Crippen LogP contribution in [0.1, 0.15) is 12.0 Å². The third kappa shape index (κ3) is 5.03. The number of ether oxygens (including phenoxy) is 2. The van der Waals surface area contributed by atoms with Gasteiger partial charge < -0.3 is 14.8 Å². The fraction of sp³-hybridized carbons (Fsp3) is 0.160. The fourth-order valence-corrected chi connectivity index (χ4v) is 4.81. The number of anilines is 1. The number of carbonyl (C=O) groups excluding carboxylic acids is 2. The van der Waals surface area contributed by atoms with Crippen molar-refractivity contribution in [1.82, 2.24) is 4.90 Å². The minimum Gasteiger partial charge on any atom is -0.454 e. The van der Waals surface area contributed by atoms with Crippen LogP contribution in [0.15, 0.2) is 77.8 Å². The lowest BCUT2D eigenvalue weighted by atomic mass is 10.1. The van der Waals surface area contributed by atoms with Crippen molar-refractivity contribution in [2.24, 2.45) is 4.99 Å². The third-order valence-electron chi connectivity index (χ3n) is 5.30. The second-order valence-corrected chi connectivity index (χ2v) is 9.31. The van der Waals surface area contributed by atoms with Crippen LogP contribution in [0.5, 0.6) is 11.5 Å². The lowest BCUT2D eigenvalue weighted by Gasteiger charge is -2.32. The quantitative estimate of drug-likeness (QED) is 0.526. The van der Waals surface area contributed by atoms with Crippen molar-refractivity contribution < 1.29 is 19.1 Å². The number of hydrogen-bond donors (Lipinski definition) is 1. The van der Waals surface area contributed by atoms with E-state index in [9.17, 15) is 9.59 Å². The van der Waals surface area contributed by atoms with E-state index in [0.717, 1.165) is 5.56 Å². The summed E-state index contributed by atoms with van der Waals surface area (Å²) in [5.74, 6) is 0.898. The molecule has 1 fully saturated rings. The Morgan fingerprint density at radius 3 is 2.62 bits per heavy atom. The second kappa shape index (κ2) is 9.79. The molecular formula is C25H20ClN3O4S. The molecule has 5 rings (SSSR count). The van der Waals surface area contributed by atoms with E-state index >= 15 is 0 Å². The molecule has 0 saturated carbocycles. The molecule has 1 N–H and O–H groups in total. The number of thioether (sulfide) groups is 1. The van der Waals surface area contributed by atoms with Gasteiger partial charge in [0, 0.05) is 17.1 Å². The van der Waals surface area contributed by atoms with Crippen LogP contribution >= 0.6 is 23.4 Å². The molecule has 2 heterocycles. The topological polar surface area (TPSA) is 80.2 Å². The summed E-state index contributed by atoms with van der Waals surface area (Å²) in [6.07, 6.45) is 0.0630. The molecule has 0 spiro atoms. The number of nitrogens with one attached hydrogen (secondary N) is 1. The van der Waals surface area contributed by atoms with Crippen molar-refractivity contribution >= 4 is 51.7 Å². The summed E-state index contributed by atoms with van der Waals surface area (Å²) < 4.78 is 10.8. The highest BCUT2D eigenvalue weighted by atomic mass is 35.5. The Morgan fingerprint density at radius 1 is 1.06 bits per heavy atom. The molecular weight excluding hydrogens is 474 g/mol. The average molecular weight is 494 g/mol. The van der Waals surface area contributed by atoms with Crippen LogP contribution in [-0.2, 0) is 16.1 Å². The molecule has 1 atom stereocenters. The monoisotopic (exact) mass is 493 g/mol. The number of amides is 2. The maximum Gasteiger partial charge on any atom is 0.238 e. The zero-order chi connectivity index (χ0) is 23.5. The third-order valence-corrected chi connectivity index (χ3v) is 6.74. The van der Waals surface area contributed by atoms with Gasteiger partial charge in [-0.2, -0.15) is 0 Å². The van der Waals surface area contributed by atoms with Crippen LogP contribution < -0.4 is 14.8 Å². The van der Waals surface area contributed by atoms with Crippen LogP contribution in [-0.4, -0.2) is 33.9 Å². The van der Waals surface area contributed by atoms with E-state index in [1.54, 1.807) is 29.2 Å². The second-order valence-electron chi connectivity index (χ2n) is 7.70. The minimum atomic E-state index is -0.605. The summed E-state index contributed by atoms with van der Waals surface area (Å²) in [4.78, 5) is 32.5. The molecule has 0 bridgehead atoms. The Balaban J connectivity index is 1.41. The number of hydrogen-bond acceptors (Lipinski definition) is 6. The highest BCUT2D eigenvalue weighted by molar-refractivity contribution is 8.15. The van der Waals surface area contributed by atoms with Crippen molar-refractivity contribution in [2.75, 3.05) is 12.1 Å². The highest BCUT2D eigenvalue weighted by Gasteiger charge is 2.36. The van der Waals surface area contributed by atoms with Crippen molar-refractivity contribution in [1.29, 1.82) is 0 Å². The van der Waals surface area contributed by atoms with E-state index in [-0.39, 0.29) is 25.0 Å². The van der Waals surface area contributed by atoms with E-state index in [1.807, 2.05) is 48.5 Å². The zero-order valence-electron chi connectivity index (χ0n) is 17.9. The summed E-state index contributed by atoms with van der Waals surface area (Å²) in [6, 6.07) is 21.8. The number of rotatable bonds is 5. The van der Waals surface area contributed by atoms with E-state index in [0.29, 0.717) is 39.6 Å². The standard InChI is InChI=1S/C25H20ClN3O4S/c26-17-7-9-19(10-8-17)28-25-29(14-16-6-11-20-21(12-16)33-15-32-20)23(30)13-22(34-25)24(31)27-18-4-2-1-3-5-18/h1-12,22H,13-15H2,(H,27,31). The van der Waals surface area contributed by atoms with E-state index < -0.39 is 5.25 Å². The predicted molar refractivity (Wildman–Crippen MR) is 133 cm³/mol. The van der Waals surface area contributed by atoms with Gasteiger partial charge in [0.15, 0.2) is 16.7 Å². The summed E-state index contributed by atoms with van der Waals surface area (Å²) in [5, 5.41) is 3.32. The number of carbonyl (C=O) groups is 2. The number of fused-ring (bicyclic) bond motifs is 1. The molecule has 2 aliphatic rings. The van der Waals surface area contributed by atoms with Gasteiger partial charge in [-0.15, -0.1) is 0 Å². The van der Waals surface area contributed by atoms with Gasteiger partial charge in [0.05, 0.1) is 12.2 Å².